The van der Waals surface area contributed by atoms with Crippen molar-refractivity contribution in [3.63, 3.8) is 0 Å². The number of nitrogens with one attached hydrogen (secondary N) is 1. The van der Waals surface area contributed by atoms with Crippen LogP contribution < -0.4 is 5.32 Å². The van der Waals surface area contributed by atoms with E-state index in [9.17, 15) is 10.1 Å². The highest BCUT2D eigenvalue weighted by atomic mass is 32.2. The zero-order valence-electron chi connectivity index (χ0n) is 9.59. The Bertz CT molecular complexity index is 397. The van der Waals surface area contributed by atoms with Crippen molar-refractivity contribution >= 4 is 33.2 Å². The summed E-state index contributed by atoms with van der Waals surface area (Å²) in [6, 6.07) is 0.421. The summed E-state index contributed by atoms with van der Waals surface area (Å²) in [6.45, 7) is 2.18. The van der Waals surface area contributed by atoms with E-state index in [1.807, 2.05) is 11.8 Å². The molecule has 1 aliphatic carbocycles. The lowest BCUT2D eigenvalue weighted by atomic mass is 10.3. The van der Waals surface area contributed by atoms with Gasteiger partial charge in [-0.1, -0.05) is 6.92 Å². The maximum Gasteiger partial charge on any atom is 0.345 e. The molecule has 2 atom stereocenters. The van der Waals surface area contributed by atoms with Gasteiger partial charge in [-0.25, -0.2) is 4.98 Å². The van der Waals surface area contributed by atoms with E-state index in [2.05, 4.69) is 17.2 Å². The van der Waals surface area contributed by atoms with Gasteiger partial charge >= 0.3 is 5.00 Å². The quantitative estimate of drug-likeness (QED) is 0.659. The molecule has 5 nitrogen and oxygen atoms in total. The van der Waals surface area contributed by atoms with Crippen LogP contribution in [0.5, 0.6) is 0 Å². The minimum Gasteiger partial charge on any atom is -0.359 e. The van der Waals surface area contributed by atoms with E-state index in [-0.39, 0.29) is 5.00 Å². The van der Waals surface area contributed by atoms with Gasteiger partial charge in [-0.05, 0) is 36.4 Å². The smallest absolute Gasteiger partial charge is 0.345 e. The largest absolute Gasteiger partial charge is 0.359 e. The van der Waals surface area contributed by atoms with Gasteiger partial charge in [0.05, 0.1) is 4.92 Å². The molecule has 0 aliphatic heterocycles. The Labute approximate surface area is 108 Å². The molecule has 1 fully saturated rings. The summed E-state index contributed by atoms with van der Waals surface area (Å²) in [5.74, 6) is 1.15. The van der Waals surface area contributed by atoms with Gasteiger partial charge in [0.15, 0.2) is 5.13 Å². The summed E-state index contributed by atoms with van der Waals surface area (Å²) in [7, 11) is 0. The van der Waals surface area contributed by atoms with Crippen molar-refractivity contribution in [2.75, 3.05) is 11.1 Å². The summed E-state index contributed by atoms with van der Waals surface area (Å²) in [5, 5.41) is 15.3. The number of nitrogens with zero attached hydrogens (tertiary/aromatic N) is 2. The van der Waals surface area contributed by atoms with Gasteiger partial charge < -0.3 is 5.32 Å². The molecule has 1 aliphatic rings. The molecule has 2 unspecified atom stereocenters. The minimum absolute atomic E-state index is 0.102. The second-order valence-corrected chi connectivity index (χ2v) is 6.58. The number of hydrogen-bond donors (Lipinski definition) is 1. The van der Waals surface area contributed by atoms with Crippen LogP contribution in [0.4, 0.5) is 10.1 Å². The first-order valence-corrected chi connectivity index (χ1v) is 7.54. The molecule has 0 spiro atoms. The number of rotatable bonds is 5. The molecule has 2 rings (SSSR count). The second-order valence-electron chi connectivity index (χ2n) is 3.99. The molecule has 0 aromatic carbocycles. The second kappa shape index (κ2) is 5.68. The van der Waals surface area contributed by atoms with Crippen molar-refractivity contribution in [3.05, 3.63) is 16.3 Å². The molecule has 1 aromatic heterocycles. The van der Waals surface area contributed by atoms with E-state index >= 15 is 0 Å². The fraction of sp³-hybridized carbons (Fsp3) is 0.700. The molecular formula is C10H15N3O2S2. The summed E-state index contributed by atoms with van der Waals surface area (Å²) in [5.41, 5.74) is 0. The number of hydrogen-bond acceptors (Lipinski definition) is 6. The van der Waals surface area contributed by atoms with E-state index in [1.54, 1.807) is 0 Å². The third kappa shape index (κ3) is 3.32. The molecule has 0 bridgehead atoms. The highest BCUT2D eigenvalue weighted by Gasteiger charge is 2.25. The minimum atomic E-state index is -0.396. The van der Waals surface area contributed by atoms with Gasteiger partial charge in [0.1, 0.15) is 6.20 Å². The van der Waals surface area contributed by atoms with Gasteiger partial charge in [-0.15, -0.1) is 0 Å². The lowest BCUT2D eigenvalue weighted by Gasteiger charge is -2.11. The predicted molar refractivity (Wildman–Crippen MR) is 72.0 cm³/mol. The van der Waals surface area contributed by atoms with Crippen molar-refractivity contribution in [1.82, 2.24) is 4.98 Å². The number of thioether (sulfide) groups is 1. The SMILES string of the molecule is CCSC1CCC(Nc2ncc([N+](=O)[O-])s2)C1. The van der Waals surface area contributed by atoms with E-state index in [1.165, 1.54) is 12.6 Å². The maximum absolute atomic E-state index is 10.5. The predicted octanol–water partition coefficient (Wildman–Crippen LogP) is 3.14. The van der Waals surface area contributed by atoms with Gasteiger partial charge in [-0.2, -0.15) is 11.8 Å². The molecule has 0 amide bonds. The fourth-order valence-corrected chi connectivity index (χ4v) is 3.90. The topological polar surface area (TPSA) is 68.1 Å². The first kappa shape index (κ1) is 12.6. The number of anilines is 1. The number of aromatic nitrogens is 1. The van der Waals surface area contributed by atoms with Crippen LogP contribution in [0.1, 0.15) is 26.2 Å². The zero-order chi connectivity index (χ0) is 12.3. The normalized spacial score (nSPS) is 23.8. The average Bonchev–Trinajstić information content (AvgIpc) is 2.89. The first-order valence-electron chi connectivity index (χ1n) is 5.67. The Hall–Kier alpha value is -0.820. The van der Waals surface area contributed by atoms with Gasteiger partial charge in [0.2, 0.25) is 0 Å². The van der Waals surface area contributed by atoms with Gasteiger partial charge in [0.25, 0.3) is 0 Å². The third-order valence-corrected chi connectivity index (χ3v) is 4.90. The molecule has 1 saturated carbocycles. The molecule has 1 heterocycles. The molecule has 1 N–H and O–H groups in total. The molecule has 94 valence electrons. The van der Waals surface area contributed by atoms with Gasteiger partial charge in [-0.3, -0.25) is 10.1 Å². The van der Waals surface area contributed by atoms with Crippen molar-refractivity contribution in [2.45, 2.75) is 37.5 Å². The van der Waals surface area contributed by atoms with Crippen LogP contribution in [-0.2, 0) is 0 Å². The first-order chi connectivity index (χ1) is 8.19. The van der Waals surface area contributed by atoms with E-state index in [4.69, 9.17) is 0 Å². The summed E-state index contributed by atoms with van der Waals surface area (Å²) < 4.78 is 0. The average molecular weight is 273 g/mol. The Morgan fingerprint density at radius 1 is 1.71 bits per heavy atom. The molecule has 17 heavy (non-hydrogen) atoms. The summed E-state index contributed by atoms with van der Waals surface area (Å²) in [6.07, 6.45) is 4.81. The maximum atomic E-state index is 10.5. The van der Waals surface area contributed by atoms with Crippen molar-refractivity contribution in [2.24, 2.45) is 0 Å². The Kier molecular flexibility index (Phi) is 4.22. The number of nitro groups is 1. The van der Waals surface area contributed by atoms with Crippen molar-refractivity contribution in [1.29, 1.82) is 0 Å². The van der Waals surface area contributed by atoms with Crippen LogP contribution in [0.25, 0.3) is 0 Å². The number of thiazole rings is 1. The molecule has 0 saturated heterocycles. The zero-order valence-corrected chi connectivity index (χ0v) is 11.2. The Balaban J connectivity index is 1.87. The fourth-order valence-electron chi connectivity index (χ4n) is 2.05. The lowest BCUT2D eigenvalue weighted by Crippen LogP contribution is -2.15. The monoisotopic (exact) mass is 273 g/mol. The standard InChI is InChI=1S/C10H15N3O2S2/c1-2-16-8-4-3-7(5-8)12-10-11-6-9(17-10)13(14)15/h6-8H,2-5H2,1H3,(H,11,12). The van der Waals surface area contributed by atoms with E-state index in [0.29, 0.717) is 11.2 Å². The van der Waals surface area contributed by atoms with Crippen LogP contribution in [0, 0.1) is 10.1 Å². The Morgan fingerprint density at radius 2 is 2.53 bits per heavy atom. The van der Waals surface area contributed by atoms with Crippen LogP contribution in [-0.4, -0.2) is 27.0 Å². The third-order valence-electron chi connectivity index (χ3n) is 2.79. The highest BCUT2D eigenvalue weighted by molar-refractivity contribution is 7.99. The molecular weight excluding hydrogens is 258 g/mol. The van der Waals surface area contributed by atoms with Gasteiger partial charge in [0, 0.05) is 11.3 Å². The highest BCUT2D eigenvalue weighted by Crippen LogP contribution is 2.33. The molecule has 7 heteroatoms. The van der Waals surface area contributed by atoms with Crippen molar-refractivity contribution < 1.29 is 4.92 Å². The van der Waals surface area contributed by atoms with Crippen molar-refractivity contribution in [3.8, 4) is 0 Å². The summed E-state index contributed by atoms with van der Waals surface area (Å²) in [4.78, 5) is 14.2. The van der Waals surface area contributed by atoms with E-state index in [0.717, 1.165) is 35.2 Å². The molecule has 1 aromatic rings. The lowest BCUT2D eigenvalue weighted by molar-refractivity contribution is -0.380. The van der Waals surface area contributed by atoms with Crippen LogP contribution in [0.2, 0.25) is 0 Å². The van der Waals surface area contributed by atoms with Crippen LogP contribution in [0.15, 0.2) is 6.20 Å². The van der Waals surface area contributed by atoms with Crippen LogP contribution in [0.3, 0.4) is 0 Å². The summed E-state index contributed by atoms with van der Waals surface area (Å²) >= 11 is 3.11. The van der Waals surface area contributed by atoms with E-state index < -0.39 is 4.92 Å². The van der Waals surface area contributed by atoms with Crippen LogP contribution >= 0.6 is 23.1 Å². The molecule has 0 radical (unpaired) electrons. The Morgan fingerprint density at radius 3 is 3.18 bits per heavy atom.